The monoisotopic (exact) mass is 246 g/mol. The van der Waals surface area contributed by atoms with Gasteiger partial charge in [0.15, 0.2) is 0 Å². The molecular weight excluding hydrogens is 228 g/mol. The Balaban J connectivity index is 2.44. The van der Waals surface area contributed by atoms with Crippen LogP contribution < -0.4 is 14.8 Å². The van der Waals surface area contributed by atoms with E-state index >= 15 is 0 Å². The van der Waals surface area contributed by atoms with Gasteiger partial charge in [-0.2, -0.15) is 5.26 Å². The molecule has 0 spiro atoms. The SMILES string of the molecule is COc1cc(OC)cc(C2(C#N)CCCCN2)c1. The molecule has 18 heavy (non-hydrogen) atoms. The topological polar surface area (TPSA) is 54.3 Å². The van der Waals surface area contributed by atoms with Crippen molar-refractivity contribution in [2.45, 2.75) is 24.8 Å². The van der Waals surface area contributed by atoms with Crippen LogP contribution in [-0.4, -0.2) is 20.8 Å². The van der Waals surface area contributed by atoms with Crippen LogP contribution in [0, 0.1) is 11.3 Å². The number of nitrogens with zero attached hydrogens (tertiary/aromatic N) is 1. The third kappa shape index (κ3) is 2.27. The summed E-state index contributed by atoms with van der Waals surface area (Å²) in [5.74, 6) is 1.43. The second kappa shape index (κ2) is 5.28. The molecule has 2 rings (SSSR count). The molecule has 4 nitrogen and oxygen atoms in total. The van der Waals surface area contributed by atoms with Crippen molar-refractivity contribution in [2.75, 3.05) is 20.8 Å². The van der Waals surface area contributed by atoms with Crippen molar-refractivity contribution in [3.05, 3.63) is 23.8 Å². The smallest absolute Gasteiger partial charge is 0.132 e. The van der Waals surface area contributed by atoms with Gasteiger partial charge in [0, 0.05) is 6.07 Å². The number of nitrogens with one attached hydrogen (secondary N) is 1. The molecule has 0 bridgehead atoms. The van der Waals surface area contributed by atoms with Gasteiger partial charge < -0.3 is 9.47 Å². The van der Waals surface area contributed by atoms with Gasteiger partial charge in [0.05, 0.1) is 20.3 Å². The highest BCUT2D eigenvalue weighted by molar-refractivity contribution is 5.44. The van der Waals surface area contributed by atoms with Crippen molar-refractivity contribution in [2.24, 2.45) is 0 Å². The van der Waals surface area contributed by atoms with E-state index in [1.807, 2.05) is 18.2 Å². The number of nitriles is 1. The Kier molecular flexibility index (Phi) is 3.73. The summed E-state index contributed by atoms with van der Waals surface area (Å²) in [6, 6.07) is 8.04. The van der Waals surface area contributed by atoms with E-state index in [1.165, 1.54) is 0 Å². The van der Waals surface area contributed by atoms with Crippen molar-refractivity contribution >= 4 is 0 Å². The fourth-order valence-electron chi connectivity index (χ4n) is 2.37. The van der Waals surface area contributed by atoms with Crippen molar-refractivity contribution in [3.8, 4) is 17.6 Å². The fourth-order valence-corrected chi connectivity index (χ4v) is 2.37. The van der Waals surface area contributed by atoms with Gasteiger partial charge in [-0.05, 0) is 43.5 Å². The standard InChI is InChI=1S/C14H18N2O2/c1-17-12-7-11(8-13(9-12)18-2)14(10-15)5-3-4-6-16-14/h7-9,16H,3-6H2,1-2H3. The summed E-state index contributed by atoms with van der Waals surface area (Å²) in [6.45, 7) is 0.868. The lowest BCUT2D eigenvalue weighted by Gasteiger charge is -2.32. The van der Waals surface area contributed by atoms with Crippen molar-refractivity contribution in [3.63, 3.8) is 0 Å². The zero-order chi connectivity index (χ0) is 13.0. The molecule has 1 unspecified atom stereocenters. The van der Waals surface area contributed by atoms with Gasteiger partial charge in [-0.1, -0.05) is 0 Å². The first kappa shape index (κ1) is 12.7. The highest BCUT2D eigenvalue weighted by atomic mass is 16.5. The van der Waals surface area contributed by atoms with Crippen LogP contribution >= 0.6 is 0 Å². The minimum atomic E-state index is -0.611. The Morgan fingerprint density at radius 2 is 1.83 bits per heavy atom. The summed E-state index contributed by atoms with van der Waals surface area (Å²) in [6.07, 6.45) is 2.99. The molecular formula is C14H18N2O2. The lowest BCUT2D eigenvalue weighted by atomic mass is 9.83. The summed E-state index contributed by atoms with van der Waals surface area (Å²) in [7, 11) is 3.23. The maximum atomic E-state index is 9.53. The van der Waals surface area contributed by atoms with Crippen LogP contribution in [0.1, 0.15) is 24.8 Å². The molecule has 1 saturated heterocycles. The summed E-state index contributed by atoms with van der Waals surface area (Å²) in [5, 5.41) is 12.9. The molecule has 1 heterocycles. The average molecular weight is 246 g/mol. The van der Waals surface area contributed by atoms with Gasteiger partial charge in [-0.15, -0.1) is 0 Å². The molecule has 0 saturated carbocycles. The molecule has 0 aliphatic carbocycles. The number of rotatable bonds is 3. The van der Waals surface area contributed by atoms with Crippen LogP contribution in [0.15, 0.2) is 18.2 Å². The summed E-state index contributed by atoms with van der Waals surface area (Å²) >= 11 is 0. The molecule has 1 aliphatic heterocycles. The van der Waals surface area contributed by atoms with E-state index in [0.29, 0.717) is 11.5 Å². The highest BCUT2D eigenvalue weighted by Crippen LogP contribution is 2.34. The molecule has 1 fully saturated rings. The molecule has 1 aliphatic rings. The Morgan fingerprint density at radius 1 is 1.17 bits per heavy atom. The number of methoxy groups -OCH3 is 2. The summed E-state index contributed by atoms with van der Waals surface area (Å²) < 4.78 is 10.5. The minimum absolute atomic E-state index is 0.611. The molecule has 1 aromatic carbocycles. The van der Waals surface area contributed by atoms with Crippen LogP contribution in [0.5, 0.6) is 11.5 Å². The molecule has 1 atom stereocenters. The molecule has 1 aromatic rings. The van der Waals surface area contributed by atoms with E-state index in [4.69, 9.17) is 9.47 Å². The lowest BCUT2D eigenvalue weighted by molar-refractivity contribution is 0.326. The van der Waals surface area contributed by atoms with Crippen molar-refractivity contribution in [1.82, 2.24) is 5.32 Å². The van der Waals surface area contributed by atoms with Crippen molar-refractivity contribution in [1.29, 1.82) is 5.26 Å². The van der Waals surface area contributed by atoms with Crippen LogP contribution in [0.4, 0.5) is 0 Å². The number of piperidine rings is 1. The number of benzene rings is 1. The Hall–Kier alpha value is -1.73. The molecule has 0 aromatic heterocycles. The first-order valence-corrected chi connectivity index (χ1v) is 6.14. The molecule has 0 amide bonds. The fraction of sp³-hybridized carbons (Fsp3) is 0.500. The average Bonchev–Trinajstić information content (AvgIpc) is 2.47. The van der Waals surface area contributed by atoms with Crippen LogP contribution in [0.2, 0.25) is 0 Å². The summed E-state index contributed by atoms with van der Waals surface area (Å²) in [5.41, 5.74) is 0.306. The Morgan fingerprint density at radius 3 is 2.28 bits per heavy atom. The Bertz CT molecular complexity index is 437. The molecule has 0 radical (unpaired) electrons. The van der Waals surface area contributed by atoms with Crippen molar-refractivity contribution < 1.29 is 9.47 Å². The maximum absolute atomic E-state index is 9.53. The van der Waals surface area contributed by atoms with Gasteiger partial charge in [0.25, 0.3) is 0 Å². The highest BCUT2D eigenvalue weighted by Gasteiger charge is 2.34. The third-order valence-corrected chi connectivity index (χ3v) is 3.44. The van der Waals surface area contributed by atoms with E-state index in [0.717, 1.165) is 31.4 Å². The normalized spacial score (nSPS) is 23.2. The van der Waals surface area contributed by atoms with Crippen LogP contribution in [-0.2, 0) is 5.54 Å². The minimum Gasteiger partial charge on any atom is -0.497 e. The van der Waals surface area contributed by atoms with Gasteiger partial charge in [-0.25, -0.2) is 0 Å². The lowest BCUT2D eigenvalue weighted by Crippen LogP contribution is -2.44. The van der Waals surface area contributed by atoms with E-state index in [2.05, 4.69) is 11.4 Å². The molecule has 96 valence electrons. The first-order valence-electron chi connectivity index (χ1n) is 6.14. The van der Waals surface area contributed by atoms with E-state index in [-0.39, 0.29) is 0 Å². The summed E-state index contributed by atoms with van der Waals surface area (Å²) in [4.78, 5) is 0. The first-order chi connectivity index (χ1) is 8.74. The number of hydrogen-bond donors (Lipinski definition) is 1. The third-order valence-electron chi connectivity index (χ3n) is 3.44. The van der Waals surface area contributed by atoms with Gasteiger partial charge >= 0.3 is 0 Å². The zero-order valence-corrected chi connectivity index (χ0v) is 10.8. The van der Waals surface area contributed by atoms with Crippen LogP contribution in [0.3, 0.4) is 0 Å². The molecule has 1 N–H and O–H groups in total. The van der Waals surface area contributed by atoms with Gasteiger partial charge in [0.2, 0.25) is 0 Å². The Labute approximate surface area is 108 Å². The number of ether oxygens (including phenoxy) is 2. The largest absolute Gasteiger partial charge is 0.497 e. The predicted molar refractivity (Wildman–Crippen MR) is 68.7 cm³/mol. The second-order valence-electron chi connectivity index (χ2n) is 4.50. The number of hydrogen-bond acceptors (Lipinski definition) is 4. The zero-order valence-electron chi connectivity index (χ0n) is 10.8. The molecule has 4 heteroatoms. The van der Waals surface area contributed by atoms with E-state index in [1.54, 1.807) is 14.2 Å². The predicted octanol–water partition coefficient (Wildman–Crippen LogP) is 2.20. The quantitative estimate of drug-likeness (QED) is 0.888. The van der Waals surface area contributed by atoms with E-state index in [9.17, 15) is 5.26 Å². The van der Waals surface area contributed by atoms with Gasteiger partial charge in [0.1, 0.15) is 17.0 Å². The maximum Gasteiger partial charge on any atom is 0.132 e. The van der Waals surface area contributed by atoms with E-state index < -0.39 is 5.54 Å². The second-order valence-corrected chi connectivity index (χ2v) is 4.50. The van der Waals surface area contributed by atoms with Gasteiger partial charge in [-0.3, -0.25) is 5.32 Å². The van der Waals surface area contributed by atoms with Crippen LogP contribution in [0.25, 0.3) is 0 Å².